The van der Waals surface area contributed by atoms with Crippen LogP contribution >= 0.6 is 21.5 Å². The maximum absolute atomic E-state index is 8.82. The van der Waals surface area contributed by atoms with Crippen LogP contribution in [0.25, 0.3) is 66.1 Å². The molecule has 0 bridgehead atoms. The second-order valence-corrected chi connectivity index (χ2v) is 20.7. The number of rotatable bonds is 4. The highest BCUT2D eigenvalue weighted by Crippen LogP contribution is 2.44. The number of furan rings is 2. The molecular formula is C54H63B3ClO9P. The summed E-state index contributed by atoms with van der Waals surface area (Å²) in [5, 5.41) is 4.33. The maximum atomic E-state index is 8.82. The van der Waals surface area contributed by atoms with Gasteiger partial charge in [0.25, 0.3) is 0 Å². The molecule has 2 N–H and O–H groups in total. The van der Waals surface area contributed by atoms with Gasteiger partial charge < -0.3 is 42.2 Å². The summed E-state index contributed by atoms with van der Waals surface area (Å²) >= 11 is 6.02. The van der Waals surface area contributed by atoms with Gasteiger partial charge in [0.2, 0.25) is 0 Å². The Labute approximate surface area is 412 Å². The molecule has 14 heteroatoms. The lowest BCUT2D eigenvalue weighted by Crippen LogP contribution is -2.41. The van der Waals surface area contributed by atoms with E-state index in [0.717, 1.165) is 55.0 Å². The van der Waals surface area contributed by atoms with Crippen molar-refractivity contribution in [3.05, 3.63) is 138 Å². The molecular weight excluding hydrogens is 891 g/mol. The number of benzene rings is 6. The molecule has 1 unspecified atom stereocenters. The van der Waals surface area contributed by atoms with E-state index in [1.807, 2.05) is 162 Å². The summed E-state index contributed by atoms with van der Waals surface area (Å²) in [4.78, 5) is 0. The third kappa shape index (κ3) is 9.45. The monoisotopic (exact) mass is 956 g/mol. The van der Waals surface area contributed by atoms with E-state index in [-0.39, 0.29) is 43.8 Å². The fourth-order valence-electron chi connectivity index (χ4n) is 8.32. The smallest absolute Gasteiger partial charge is 0.456 e. The zero-order valence-corrected chi connectivity index (χ0v) is 43.3. The van der Waals surface area contributed by atoms with Crippen LogP contribution in [-0.4, -0.2) is 60.2 Å². The molecule has 8 aromatic rings. The first-order valence-electron chi connectivity index (χ1n) is 23.6. The van der Waals surface area contributed by atoms with Gasteiger partial charge in [-0.15, -0.1) is 0 Å². The highest BCUT2D eigenvalue weighted by Gasteiger charge is 2.63. The number of fused-ring (bicyclic) bond motifs is 6. The van der Waals surface area contributed by atoms with Gasteiger partial charge in [0.15, 0.2) is 0 Å². The molecule has 9 nitrogen and oxygen atoms in total. The van der Waals surface area contributed by atoms with Crippen LogP contribution in [0.15, 0.2) is 142 Å². The van der Waals surface area contributed by atoms with Gasteiger partial charge in [-0.2, -0.15) is 9.90 Å². The molecule has 3 saturated heterocycles. The van der Waals surface area contributed by atoms with Crippen LogP contribution in [0.1, 0.15) is 85.8 Å². The Morgan fingerprint density at radius 1 is 0.412 bits per heavy atom. The van der Waals surface area contributed by atoms with Crippen molar-refractivity contribution in [3.8, 4) is 22.3 Å². The number of hydrogen-bond donors (Lipinski definition) is 0. The minimum Gasteiger partial charge on any atom is -0.456 e. The first kappa shape index (κ1) is 48.6. The largest absolute Gasteiger partial charge is 0.494 e. The predicted octanol–water partition coefficient (Wildman–Crippen LogP) is 12.9. The summed E-state index contributed by atoms with van der Waals surface area (Å²) in [5.74, 6) is 0. The Morgan fingerprint density at radius 3 is 1.19 bits per heavy atom. The summed E-state index contributed by atoms with van der Waals surface area (Å²) in [5.41, 5.74) is 5.48. The van der Waals surface area contributed by atoms with Crippen LogP contribution in [-0.2, 0) is 27.9 Å². The van der Waals surface area contributed by atoms with Gasteiger partial charge in [-0.05, 0) is 141 Å². The highest BCUT2D eigenvalue weighted by molar-refractivity contribution is 7.11. The van der Waals surface area contributed by atoms with E-state index in [4.69, 9.17) is 51.1 Å². The highest BCUT2D eigenvalue weighted by atomic mass is 35.5. The Hall–Kier alpha value is -4.45. The van der Waals surface area contributed by atoms with Crippen LogP contribution in [0.2, 0.25) is 5.02 Å². The van der Waals surface area contributed by atoms with Crippen LogP contribution in [0.5, 0.6) is 0 Å². The van der Waals surface area contributed by atoms with E-state index >= 15 is 0 Å². The van der Waals surface area contributed by atoms with Crippen molar-refractivity contribution in [1.29, 1.82) is 0 Å². The molecule has 0 saturated carbocycles. The maximum Gasteiger partial charge on any atom is 0.494 e. The Kier molecular flexibility index (Phi) is 13.4. The minimum absolute atomic E-state index is 0. The quantitative estimate of drug-likeness (QED) is 0.127. The van der Waals surface area contributed by atoms with Crippen molar-refractivity contribution >= 4 is 92.0 Å². The molecule has 354 valence electrons. The van der Waals surface area contributed by atoms with Crippen LogP contribution in [0.3, 0.4) is 0 Å². The second-order valence-electron chi connectivity index (χ2n) is 20.3. The van der Waals surface area contributed by atoms with E-state index in [1.165, 1.54) is 0 Å². The van der Waals surface area contributed by atoms with E-state index in [2.05, 4.69) is 36.4 Å². The summed E-state index contributed by atoms with van der Waals surface area (Å²) < 4.78 is 65.1. The zero-order valence-electron chi connectivity index (χ0n) is 43.1. The van der Waals surface area contributed by atoms with Gasteiger partial charge in [-0.3, -0.25) is 0 Å². The minimum atomic E-state index is -0.585. The first-order chi connectivity index (χ1) is 31.9. The molecule has 11 rings (SSSR count). The molecule has 0 radical (unpaired) electrons. The van der Waals surface area contributed by atoms with Crippen LogP contribution in [0, 0.1) is 0 Å². The van der Waals surface area contributed by atoms with Gasteiger partial charge in [0.1, 0.15) is 22.3 Å². The molecule has 0 aliphatic carbocycles. The molecule has 1 atom stereocenters. The number of halogens is 1. The Morgan fingerprint density at radius 2 is 0.779 bits per heavy atom. The van der Waals surface area contributed by atoms with Crippen molar-refractivity contribution in [1.82, 2.24) is 0 Å². The van der Waals surface area contributed by atoms with Crippen molar-refractivity contribution in [2.24, 2.45) is 0 Å². The molecule has 3 fully saturated rings. The lowest BCUT2D eigenvalue weighted by Gasteiger charge is -2.32. The van der Waals surface area contributed by atoms with E-state index < -0.39 is 32.3 Å². The average molecular weight is 957 g/mol. The molecule has 5 heterocycles. The van der Waals surface area contributed by atoms with Gasteiger partial charge in [-0.25, -0.2) is 0 Å². The Balaban J connectivity index is 0.000000158. The van der Waals surface area contributed by atoms with Gasteiger partial charge in [0.05, 0.1) is 36.3 Å². The zero-order chi connectivity index (χ0) is 48.8. The normalized spacial score (nSPS) is 19.7. The first-order valence-corrected chi connectivity index (χ1v) is 23.0. The standard InChI is InChI=1S/C24H23BO3.C18H11ClO.C12H24B2O4.H2O.H3P/c1-23(2)24(3,4)28-25(27-23)17-13-14-19-21(15-17)26-20-12-8-11-18(22(19)20)16-9-6-5-7-10-16;19-13-9-10-15-17(11-13)20-16-8-4-7-14(18(15)16)12-5-2-1-3-6-12;1-9(2)10(3,4)16-13(15-9)14-17-11(5,6)12(7,8)18-14;;/h5-15H,1-4H3;1-11H;1-8H3;1H2;1H3/i15D;11D;;;. The van der Waals surface area contributed by atoms with Crippen molar-refractivity contribution in [2.45, 2.75) is 117 Å². The topological polar surface area (TPSA) is 113 Å². The van der Waals surface area contributed by atoms with Gasteiger partial charge >= 0.3 is 21.1 Å². The van der Waals surface area contributed by atoms with E-state index in [1.54, 1.807) is 6.07 Å². The molecule has 0 amide bonds. The van der Waals surface area contributed by atoms with E-state index in [9.17, 15) is 0 Å². The summed E-state index contributed by atoms with van der Waals surface area (Å²) in [6.45, 7) is 24.3. The lowest BCUT2D eigenvalue weighted by molar-refractivity contribution is 0.00578. The molecule has 6 aromatic carbocycles. The van der Waals surface area contributed by atoms with Crippen molar-refractivity contribution < 1.29 is 45.0 Å². The molecule has 0 spiro atoms. The molecule has 3 aliphatic heterocycles. The number of hydrogen-bond acceptors (Lipinski definition) is 8. The SMILES string of the molecule is CC1(C)OB(B2OC(C)(C)C(C)(C)O2)OC1(C)C.O.P.[2H]c1c(B2OC(C)(C)C(C)(C)O2)ccc2c1oc1cccc(-c3ccccc3)c12.[2H]c1c(Cl)ccc2c1oc1cccc(-c3ccccc3)c12. The lowest BCUT2D eigenvalue weighted by atomic mass is 9.49. The van der Waals surface area contributed by atoms with E-state index in [0.29, 0.717) is 27.7 Å². The van der Waals surface area contributed by atoms with Crippen LogP contribution in [0.4, 0.5) is 0 Å². The third-order valence-electron chi connectivity index (χ3n) is 14.3. The fraction of sp³-hybridized carbons (Fsp3) is 0.333. The molecule has 68 heavy (non-hydrogen) atoms. The summed E-state index contributed by atoms with van der Waals surface area (Å²) in [7, 11) is -1.54. The Bertz CT molecular complexity index is 3100. The average Bonchev–Trinajstić information content (AvgIpc) is 4.03. The summed E-state index contributed by atoms with van der Waals surface area (Å²) in [6.07, 6.45) is 0. The third-order valence-corrected chi connectivity index (χ3v) is 14.5. The van der Waals surface area contributed by atoms with Gasteiger partial charge in [0, 0.05) is 32.6 Å². The van der Waals surface area contributed by atoms with Gasteiger partial charge in [-0.1, -0.05) is 109 Å². The second kappa shape index (κ2) is 18.7. The fourth-order valence-corrected chi connectivity index (χ4v) is 8.47. The van der Waals surface area contributed by atoms with Crippen LogP contribution < -0.4 is 5.46 Å². The molecule has 3 aliphatic rings. The predicted molar refractivity (Wildman–Crippen MR) is 286 cm³/mol. The molecule has 2 aromatic heterocycles. The van der Waals surface area contributed by atoms with Crippen molar-refractivity contribution in [3.63, 3.8) is 0 Å². The summed E-state index contributed by atoms with van der Waals surface area (Å²) in [6, 6.07) is 40.6. The van der Waals surface area contributed by atoms with Crippen molar-refractivity contribution in [2.75, 3.05) is 0 Å².